The maximum absolute atomic E-state index is 4.57. The normalized spacial score (nSPS) is 14.3. The van der Waals surface area contributed by atoms with E-state index in [0.29, 0.717) is 12.1 Å². The number of anilines is 1. The van der Waals surface area contributed by atoms with Gasteiger partial charge in [0.2, 0.25) is 0 Å². The Hall–Kier alpha value is -1.09. The molecule has 0 spiro atoms. The molecule has 2 unspecified atom stereocenters. The first-order valence-electron chi connectivity index (χ1n) is 7.02. The molecule has 3 heteroatoms. The summed E-state index contributed by atoms with van der Waals surface area (Å²) in [6, 6.07) is 5.20. The first-order valence-corrected chi connectivity index (χ1v) is 7.02. The van der Waals surface area contributed by atoms with Crippen LogP contribution in [0.5, 0.6) is 0 Å². The molecule has 0 saturated carbocycles. The standard InChI is InChI=1S/C15H27N3/c1-6-8-12(3)18(5)15-10-9-14(11-17-15)13(4)16-7-2/h9-13,16H,6-8H2,1-5H3. The summed E-state index contributed by atoms with van der Waals surface area (Å²) < 4.78 is 0. The summed E-state index contributed by atoms with van der Waals surface area (Å²) in [6.45, 7) is 9.75. The minimum atomic E-state index is 0.370. The van der Waals surface area contributed by atoms with Crippen molar-refractivity contribution in [2.24, 2.45) is 0 Å². The van der Waals surface area contributed by atoms with Crippen LogP contribution in [-0.2, 0) is 0 Å². The predicted molar refractivity (Wildman–Crippen MR) is 79.1 cm³/mol. The van der Waals surface area contributed by atoms with Crippen LogP contribution in [0.25, 0.3) is 0 Å². The second-order valence-corrected chi connectivity index (χ2v) is 4.98. The van der Waals surface area contributed by atoms with Crippen LogP contribution in [0.2, 0.25) is 0 Å². The Kier molecular flexibility index (Phi) is 6.13. The highest BCUT2D eigenvalue weighted by molar-refractivity contribution is 5.39. The van der Waals surface area contributed by atoms with E-state index in [1.54, 1.807) is 0 Å². The van der Waals surface area contributed by atoms with E-state index < -0.39 is 0 Å². The van der Waals surface area contributed by atoms with Crippen LogP contribution in [0.4, 0.5) is 5.82 Å². The van der Waals surface area contributed by atoms with Crippen molar-refractivity contribution in [2.45, 2.75) is 52.6 Å². The zero-order chi connectivity index (χ0) is 13.5. The molecule has 1 aromatic heterocycles. The van der Waals surface area contributed by atoms with Crippen molar-refractivity contribution in [3.63, 3.8) is 0 Å². The van der Waals surface area contributed by atoms with Gasteiger partial charge >= 0.3 is 0 Å². The number of hydrogen-bond donors (Lipinski definition) is 1. The summed E-state index contributed by atoms with van der Waals surface area (Å²) in [5.74, 6) is 1.06. The zero-order valence-electron chi connectivity index (χ0n) is 12.4. The quantitative estimate of drug-likeness (QED) is 0.803. The maximum atomic E-state index is 4.57. The fraction of sp³-hybridized carbons (Fsp3) is 0.667. The lowest BCUT2D eigenvalue weighted by atomic mass is 10.1. The van der Waals surface area contributed by atoms with Gasteiger partial charge in [0.25, 0.3) is 0 Å². The third-order valence-corrected chi connectivity index (χ3v) is 3.51. The molecule has 1 heterocycles. The summed E-state index contributed by atoms with van der Waals surface area (Å²) in [4.78, 5) is 6.83. The van der Waals surface area contributed by atoms with Crippen molar-refractivity contribution in [3.8, 4) is 0 Å². The average molecular weight is 249 g/mol. The van der Waals surface area contributed by atoms with Gasteiger partial charge in [-0.05, 0) is 38.4 Å². The largest absolute Gasteiger partial charge is 0.357 e. The Morgan fingerprint density at radius 1 is 1.28 bits per heavy atom. The van der Waals surface area contributed by atoms with Crippen molar-refractivity contribution >= 4 is 5.82 Å². The number of rotatable bonds is 7. The molecule has 18 heavy (non-hydrogen) atoms. The van der Waals surface area contributed by atoms with Crippen LogP contribution in [0.15, 0.2) is 18.3 Å². The molecular formula is C15H27N3. The Labute approximate surface area is 112 Å². The molecule has 2 atom stereocenters. The molecule has 1 N–H and O–H groups in total. The van der Waals surface area contributed by atoms with E-state index in [1.807, 2.05) is 6.20 Å². The van der Waals surface area contributed by atoms with Gasteiger partial charge in [-0.25, -0.2) is 4.98 Å². The molecule has 0 radical (unpaired) electrons. The van der Waals surface area contributed by atoms with Crippen molar-refractivity contribution in [1.29, 1.82) is 0 Å². The molecule has 0 aliphatic carbocycles. The molecule has 0 fully saturated rings. The van der Waals surface area contributed by atoms with Gasteiger partial charge in [0.15, 0.2) is 0 Å². The fourth-order valence-electron chi connectivity index (χ4n) is 2.12. The summed E-state index contributed by atoms with van der Waals surface area (Å²) in [5.41, 5.74) is 1.25. The maximum Gasteiger partial charge on any atom is 0.128 e. The van der Waals surface area contributed by atoms with Crippen LogP contribution < -0.4 is 10.2 Å². The monoisotopic (exact) mass is 249 g/mol. The van der Waals surface area contributed by atoms with Crippen molar-refractivity contribution in [2.75, 3.05) is 18.5 Å². The van der Waals surface area contributed by atoms with Crippen molar-refractivity contribution < 1.29 is 0 Å². The topological polar surface area (TPSA) is 28.2 Å². The van der Waals surface area contributed by atoms with Gasteiger partial charge in [-0.3, -0.25) is 0 Å². The highest BCUT2D eigenvalue weighted by Crippen LogP contribution is 2.18. The highest BCUT2D eigenvalue weighted by Gasteiger charge is 2.11. The smallest absolute Gasteiger partial charge is 0.128 e. The van der Waals surface area contributed by atoms with Crippen LogP contribution >= 0.6 is 0 Å². The number of aromatic nitrogens is 1. The van der Waals surface area contributed by atoms with Crippen LogP contribution in [0, 0.1) is 0 Å². The molecular weight excluding hydrogens is 222 g/mol. The van der Waals surface area contributed by atoms with E-state index in [-0.39, 0.29) is 0 Å². The van der Waals surface area contributed by atoms with E-state index in [1.165, 1.54) is 18.4 Å². The van der Waals surface area contributed by atoms with Crippen LogP contribution in [-0.4, -0.2) is 24.6 Å². The van der Waals surface area contributed by atoms with E-state index in [2.05, 4.69) is 62.1 Å². The zero-order valence-corrected chi connectivity index (χ0v) is 12.4. The Bertz CT molecular complexity index is 334. The average Bonchev–Trinajstić information content (AvgIpc) is 2.38. The van der Waals surface area contributed by atoms with E-state index in [0.717, 1.165) is 12.4 Å². The minimum Gasteiger partial charge on any atom is -0.357 e. The molecule has 0 aromatic carbocycles. The SMILES string of the molecule is CCCC(C)N(C)c1ccc(C(C)NCC)cn1. The number of nitrogens with one attached hydrogen (secondary N) is 1. The first-order chi connectivity index (χ1) is 8.60. The van der Waals surface area contributed by atoms with Gasteiger partial charge in [0.05, 0.1) is 0 Å². The van der Waals surface area contributed by atoms with E-state index in [9.17, 15) is 0 Å². The number of hydrogen-bond acceptors (Lipinski definition) is 3. The summed E-state index contributed by atoms with van der Waals surface area (Å²) >= 11 is 0. The molecule has 0 saturated heterocycles. The first kappa shape index (κ1) is 15.0. The summed E-state index contributed by atoms with van der Waals surface area (Å²) in [7, 11) is 2.12. The fourth-order valence-corrected chi connectivity index (χ4v) is 2.12. The Morgan fingerprint density at radius 3 is 2.50 bits per heavy atom. The van der Waals surface area contributed by atoms with Gasteiger partial charge in [-0.15, -0.1) is 0 Å². The van der Waals surface area contributed by atoms with Gasteiger partial charge in [-0.1, -0.05) is 26.3 Å². The summed E-state index contributed by atoms with van der Waals surface area (Å²) in [6.07, 6.45) is 4.40. The molecule has 1 aromatic rings. The van der Waals surface area contributed by atoms with Crippen molar-refractivity contribution in [1.82, 2.24) is 10.3 Å². The van der Waals surface area contributed by atoms with E-state index in [4.69, 9.17) is 0 Å². The molecule has 102 valence electrons. The van der Waals surface area contributed by atoms with Crippen molar-refractivity contribution in [3.05, 3.63) is 23.9 Å². The minimum absolute atomic E-state index is 0.370. The summed E-state index contributed by atoms with van der Waals surface area (Å²) in [5, 5.41) is 3.40. The third kappa shape index (κ3) is 3.98. The predicted octanol–water partition coefficient (Wildman–Crippen LogP) is 3.38. The lowest BCUT2D eigenvalue weighted by molar-refractivity contribution is 0.593. The van der Waals surface area contributed by atoms with Gasteiger partial charge in [0, 0.05) is 25.3 Å². The second-order valence-electron chi connectivity index (χ2n) is 4.98. The number of pyridine rings is 1. The Balaban J connectivity index is 2.70. The molecule has 1 rings (SSSR count). The lowest BCUT2D eigenvalue weighted by Crippen LogP contribution is -2.29. The molecule has 3 nitrogen and oxygen atoms in total. The van der Waals surface area contributed by atoms with Gasteiger partial charge in [-0.2, -0.15) is 0 Å². The molecule has 0 aliphatic heterocycles. The highest BCUT2D eigenvalue weighted by atomic mass is 15.2. The second kappa shape index (κ2) is 7.37. The van der Waals surface area contributed by atoms with Crippen LogP contribution in [0.3, 0.4) is 0 Å². The molecule has 0 aliphatic rings. The lowest BCUT2D eigenvalue weighted by Gasteiger charge is -2.26. The molecule has 0 amide bonds. The third-order valence-electron chi connectivity index (χ3n) is 3.51. The van der Waals surface area contributed by atoms with Crippen LogP contribution in [0.1, 0.15) is 52.1 Å². The number of nitrogens with zero attached hydrogens (tertiary/aromatic N) is 2. The Morgan fingerprint density at radius 2 is 2.00 bits per heavy atom. The van der Waals surface area contributed by atoms with Gasteiger partial charge < -0.3 is 10.2 Å². The van der Waals surface area contributed by atoms with Gasteiger partial charge in [0.1, 0.15) is 5.82 Å². The van der Waals surface area contributed by atoms with E-state index >= 15 is 0 Å². The molecule has 0 bridgehead atoms.